The number of nitrogens with zero attached hydrogens (tertiary/aromatic N) is 6. The number of hydrogen-bond acceptors (Lipinski definition) is 9. The van der Waals surface area contributed by atoms with Crippen molar-refractivity contribution in [3.63, 3.8) is 0 Å². The van der Waals surface area contributed by atoms with Crippen LogP contribution in [0.1, 0.15) is 45.2 Å². The van der Waals surface area contributed by atoms with E-state index in [2.05, 4.69) is 25.3 Å². The number of rotatable bonds is 4. The number of nitrogens with one attached hydrogen (secondary N) is 1. The summed E-state index contributed by atoms with van der Waals surface area (Å²) in [6.45, 7) is 4.57. The van der Waals surface area contributed by atoms with Gasteiger partial charge >= 0.3 is 0 Å². The van der Waals surface area contributed by atoms with E-state index in [1.807, 2.05) is 13.8 Å². The van der Waals surface area contributed by atoms with Gasteiger partial charge in [-0.2, -0.15) is 0 Å². The van der Waals surface area contributed by atoms with Gasteiger partial charge in [0.1, 0.15) is 23.7 Å². The maximum Gasteiger partial charge on any atom is 0.275 e. The fraction of sp³-hybridized carbons (Fsp3) is 0.370. The van der Waals surface area contributed by atoms with E-state index in [1.54, 1.807) is 42.2 Å². The summed E-state index contributed by atoms with van der Waals surface area (Å²) in [5, 5.41) is 2.76. The van der Waals surface area contributed by atoms with Crippen LogP contribution in [0.4, 0.5) is 5.69 Å². The largest absolute Gasteiger partial charge is 0.491 e. The maximum absolute atomic E-state index is 13.4. The quantitative estimate of drug-likeness (QED) is 0.534. The molecule has 2 aromatic heterocycles. The molecule has 204 valence electrons. The molecule has 1 aromatic carbocycles. The Hall–Kier alpha value is -4.45. The number of methoxy groups -OCH3 is 1. The first-order valence-corrected chi connectivity index (χ1v) is 12.5. The number of hydrogen-bond donors (Lipinski definition) is 1. The number of fused-ring (bicyclic) bond motifs is 1. The predicted octanol–water partition coefficient (Wildman–Crippen LogP) is 2.17. The Labute approximate surface area is 226 Å². The Morgan fingerprint density at radius 1 is 1.03 bits per heavy atom. The van der Waals surface area contributed by atoms with Gasteiger partial charge in [0.25, 0.3) is 17.7 Å². The van der Waals surface area contributed by atoms with Crippen molar-refractivity contribution in [1.82, 2.24) is 29.7 Å². The van der Waals surface area contributed by atoms with Crippen LogP contribution in [0.5, 0.6) is 5.75 Å². The van der Waals surface area contributed by atoms with Crippen molar-refractivity contribution in [2.24, 2.45) is 5.92 Å². The summed E-state index contributed by atoms with van der Waals surface area (Å²) in [5.74, 6) is -0.832. The van der Waals surface area contributed by atoms with Gasteiger partial charge in [0.2, 0.25) is 0 Å². The summed E-state index contributed by atoms with van der Waals surface area (Å²) >= 11 is 0. The molecule has 4 rings (SSSR count). The average molecular weight is 534 g/mol. The number of ether oxygens (including phenoxy) is 2. The van der Waals surface area contributed by atoms with Crippen molar-refractivity contribution in [3.05, 3.63) is 72.3 Å². The number of aromatic nitrogens is 4. The second kappa shape index (κ2) is 12.4. The Balaban J connectivity index is 1.66. The normalized spacial score (nSPS) is 20.2. The minimum atomic E-state index is -0.453. The molecular formula is C27H31N7O5. The lowest BCUT2D eigenvalue weighted by atomic mass is 10.0. The Bertz CT molecular complexity index is 1310. The number of likely N-dealkylation sites (N-methyl/N-ethyl adjacent to an activating group) is 1. The van der Waals surface area contributed by atoms with E-state index in [-0.39, 0.29) is 47.6 Å². The van der Waals surface area contributed by atoms with Gasteiger partial charge in [-0.15, -0.1) is 0 Å². The van der Waals surface area contributed by atoms with Crippen LogP contribution < -0.4 is 10.1 Å². The van der Waals surface area contributed by atoms with Crippen molar-refractivity contribution >= 4 is 23.4 Å². The standard InChI is InChI=1S/C27H31N7O5/c1-17-14-34(27(37)22-13-29-8-10-31-22)18(2)16-39-23-11-19(32-25(35)21-12-28-7-9-30-21)5-6-20(23)26(36)33(3)15-24(17)38-4/h5-13,17-18,24H,14-16H2,1-4H3,(H,32,35)/t17-,18-,24-/m1/s1. The molecule has 3 atom stereocenters. The fourth-order valence-corrected chi connectivity index (χ4v) is 4.30. The van der Waals surface area contributed by atoms with E-state index in [9.17, 15) is 14.4 Å². The highest BCUT2D eigenvalue weighted by atomic mass is 16.5. The molecule has 0 aliphatic carbocycles. The highest BCUT2D eigenvalue weighted by molar-refractivity contribution is 6.03. The smallest absolute Gasteiger partial charge is 0.275 e. The van der Waals surface area contributed by atoms with Crippen LogP contribution in [0.25, 0.3) is 0 Å². The van der Waals surface area contributed by atoms with Gasteiger partial charge < -0.3 is 24.6 Å². The van der Waals surface area contributed by atoms with Gasteiger partial charge in [-0.05, 0) is 19.1 Å². The van der Waals surface area contributed by atoms with Crippen LogP contribution in [0.15, 0.2) is 55.4 Å². The van der Waals surface area contributed by atoms with Gasteiger partial charge in [-0.3, -0.25) is 24.4 Å². The summed E-state index contributed by atoms with van der Waals surface area (Å²) in [4.78, 5) is 58.8. The molecule has 12 nitrogen and oxygen atoms in total. The Kier molecular flexibility index (Phi) is 8.77. The summed E-state index contributed by atoms with van der Waals surface area (Å²) in [6.07, 6.45) is 8.33. The van der Waals surface area contributed by atoms with E-state index in [4.69, 9.17) is 9.47 Å². The van der Waals surface area contributed by atoms with Gasteiger partial charge in [-0.1, -0.05) is 6.92 Å². The van der Waals surface area contributed by atoms with Crippen molar-refractivity contribution < 1.29 is 23.9 Å². The molecular weight excluding hydrogens is 502 g/mol. The van der Waals surface area contributed by atoms with Crippen LogP contribution >= 0.6 is 0 Å². The number of benzene rings is 1. The first-order valence-electron chi connectivity index (χ1n) is 12.5. The van der Waals surface area contributed by atoms with Crippen molar-refractivity contribution in [2.45, 2.75) is 26.0 Å². The van der Waals surface area contributed by atoms with Crippen LogP contribution in [0.3, 0.4) is 0 Å². The SMILES string of the molecule is CO[C@@H]1CN(C)C(=O)c2ccc(NC(=O)c3cnccn3)cc2OC[C@@H](C)N(C(=O)c2cnccn2)C[C@H]1C. The van der Waals surface area contributed by atoms with E-state index < -0.39 is 11.9 Å². The zero-order valence-corrected chi connectivity index (χ0v) is 22.3. The molecule has 3 heterocycles. The Morgan fingerprint density at radius 3 is 2.36 bits per heavy atom. The molecule has 0 radical (unpaired) electrons. The molecule has 0 bridgehead atoms. The third-order valence-electron chi connectivity index (χ3n) is 6.54. The lowest BCUT2D eigenvalue weighted by Crippen LogP contribution is -2.48. The van der Waals surface area contributed by atoms with Gasteiger partial charge in [0.05, 0.1) is 30.1 Å². The average Bonchev–Trinajstić information content (AvgIpc) is 2.97. The van der Waals surface area contributed by atoms with Crippen LogP contribution in [0, 0.1) is 5.92 Å². The fourth-order valence-electron chi connectivity index (χ4n) is 4.30. The molecule has 1 aliphatic rings. The zero-order valence-electron chi connectivity index (χ0n) is 22.3. The van der Waals surface area contributed by atoms with Gasteiger partial charge in [0.15, 0.2) is 0 Å². The van der Waals surface area contributed by atoms with Crippen LogP contribution in [-0.2, 0) is 4.74 Å². The maximum atomic E-state index is 13.4. The van der Waals surface area contributed by atoms with E-state index in [1.165, 1.54) is 37.2 Å². The van der Waals surface area contributed by atoms with Crippen molar-refractivity contribution in [3.8, 4) is 5.75 Å². The molecule has 39 heavy (non-hydrogen) atoms. The molecule has 0 saturated carbocycles. The summed E-state index contributed by atoms with van der Waals surface area (Å²) in [6, 6.07) is 4.42. The van der Waals surface area contributed by atoms with Gasteiger partial charge in [-0.25, -0.2) is 9.97 Å². The molecule has 0 unspecified atom stereocenters. The monoisotopic (exact) mass is 533 g/mol. The van der Waals surface area contributed by atoms with E-state index in [0.717, 1.165) is 0 Å². The molecule has 12 heteroatoms. The highest BCUT2D eigenvalue weighted by Gasteiger charge is 2.31. The lowest BCUT2D eigenvalue weighted by Gasteiger charge is -2.35. The molecule has 3 amide bonds. The number of anilines is 1. The third-order valence-corrected chi connectivity index (χ3v) is 6.54. The third kappa shape index (κ3) is 6.52. The highest BCUT2D eigenvalue weighted by Crippen LogP contribution is 2.27. The minimum absolute atomic E-state index is 0.0852. The van der Waals surface area contributed by atoms with Crippen LogP contribution in [0.2, 0.25) is 0 Å². The summed E-state index contributed by atoms with van der Waals surface area (Å²) < 4.78 is 11.9. The minimum Gasteiger partial charge on any atom is -0.491 e. The summed E-state index contributed by atoms with van der Waals surface area (Å²) in [7, 11) is 3.28. The zero-order chi connectivity index (χ0) is 27.9. The molecule has 1 aliphatic heterocycles. The van der Waals surface area contributed by atoms with Crippen molar-refractivity contribution in [2.75, 3.05) is 39.2 Å². The topological polar surface area (TPSA) is 140 Å². The number of carbonyl (C=O) groups is 3. The molecule has 0 saturated heterocycles. The summed E-state index contributed by atoms with van der Waals surface area (Å²) in [5.41, 5.74) is 1.10. The first-order chi connectivity index (χ1) is 18.8. The van der Waals surface area contributed by atoms with Gasteiger partial charge in [0, 0.05) is 69.7 Å². The van der Waals surface area contributed by atoms with Crippen molar-refractivity contribution in [1.29, 1.82) is 0 Å². The van der Waals surface area contributed by atoms with E-state index >= 15 is 0 Å². The second-order valence-corrected chi connectivity index (χ2v) is 9.40. The molecule has 0 spiro atoms. The van der Waals surface area contributed by atoms with E-state index in [0.29, 0.717) is 24.3 Å². The first kappa shape index (κ1) is 27.6. The molecule has 0 fully saturated rings. The van der Waals surface area contributed by atoms with Crippen LogP contribution in [-0.4, -0.2) is 93.5 Å². The molecule has 3 aromatic rings. The molecule has 1 N–H and O–H groups in total. The second-order valence-electron chi connectivity index (χ2n) is 9.40. The Morgan fingerprint density at radius 2 is 1.72 bits per heavy atom. The lowest BCUT2D eigenvalue weighted by molar-refractivity contribution is 0.0109. The number of carbonyl (C=O) groups excluding carboxylic acids is 3. The number of amides is 3. The predicted molar refractivity (Wildman–Crippen MR) is 141 cm³/mol.